The van der Waals surface area contributed by atoms with E-state index in [1.165, 1.54) is 19.2 Å². The zero-order valence-electron chi connectivity index (χ0n) is 9.55. The molecule has 1 saturated heterocycles. The van der Waals surface area contributed by atoms with Crippen LogP contribution in [-0.4, -0.2) is 43.2 Å². The van der Waals surface area contributed by atoms with Crippen molar-refractivity contribution in [3.8, 4) is 5.88 Å². The smallest absolute Gasteiger partial charge is 0.311 e. The Labute approximate surface area is 98.5 Å². The molecule has 1 N–H and O–H groups in total. The lowest BCUT2D eigenvalue weighted by Gasteiger charge is -2.28. The number of pyridine rings is 1. The van der Waals surface area contributed by atoms with Crippen molar-refractivity contribution in [3.63, 3.8) is 0 Å². The van der Waals surface area contributed by atoms with Gasteiger partial charge in [0.05, 0.1) is 12.0 Å². The predicted octanol–water partition coefficient (Wildman–Crippen LogP) is 0.408. The van der Waals surface area contributed by atoms with Crippen molar-refractivity contribution < 1.29 is 9.66 Å². The minimum atomic E-state index is -0.413. The molecule has 0 amide bonds. The topological polar surface area (TPSA) is 80.5 Å². The summed E-state index contributed by atoms with van der Waals surface area (Å²) in [4.78, 5) is 16.6. The van der Waals surface area contributed by atoms with E-state index in [0.717, 1.165) is 13.1 Å². The number of piperazine rings is 1. The first-order chi connectivity index (χ1) is 8.22. The summed E-state index contributed by atoms with van der Waals surface area (Å²) in [5.74, 6) is 0.778. The summed E-state index contributed by atoms with van der Waals surface area (Å²) in [6.45, 7) is 3.02. The van der Waals surface area contributed by atoms with E-state index in [1.54, 1.807) is 0 Å². The van der Waals surface area contributed by atoms with Gasteiger partial charge < -0.3 is 15.0 Å². The number of nitro groups is 1. The van der Waals surface area contributed by atoms with Crippen LogP contribution in [-0.2, 0) is 0 Å². The lowest BCUT2D eigenvalue weighted by molar-refractivity contribution is -0.384. The van der Waals surface area contributed by atoms with Gasteiger partial charge in [-0.1, -0.05) is 0 Å². The number of nitrogens with zero attached hydrogens (tertiary/aromatic N) is 3. The Morgan fingerprint density at radius 2 is 2.18 bits per heavy atom. The van der Waals surface area contributed by atoms with E-state index in [-0.39, 0.29) is 5.69 Å². The van der Waals surface area contributed by atoms with Crippen LogP contribution in [0, 0.1) is 10.1 Å². The highest BCUT2D eigenvalue weighted by Gasteiger charge is 2.23. The third kappa shape index (κ3) is 2.44. The molecule has 1 aromatic rings. The summed E-state index contributed by atoms with van der Waals surface area (Å²) >= 11 is 0. The zero-order chi connectivity index (χ0) is 12.3. The largest absolute Gasteiger partial charge is 0.481 e. The van der Waals surface area contributed by atoms with E-state index in [0.29, 0.717) is 24.8 Å². The number of rotatable bonds is 3. The van der Waals surface area contributed by atoms with Gasteiger partial charge in [-0.05, 0) is 0 Å². The molecule has 1 aliphatic rings. The molecule has 0 unspecified atom stereocenters. The van der Waals surface area contributed by atoms with Crippen LogP contribution in [0.15, 0.2) is 12.1 Å². The van der Waals surface area contributed by atoms with Crippen molar-refractivity contribution in [2.24, 2.45) is 0 Å². The molecule has 17 heavy (non-hydrogen) atoms. The highest BCUT2D eigenvalue weighted by atomic mass is 16.6. The summed E-state index contributed by atoms with van der Waals surface area (Å²) in [7, 11) is 1.50. The highest BCUT2D eigenvalue weighted by molar-refractivity contribution is 5.59. The quantitative estimate of drug-likeness (QED) is 0.606. The molecular formula is C10H14N4O3. The molecule has 92 valence electrons. The molecular weight excluding hydrogens is 224 g/mol. The molecule has 0 spiro atoms. The average Bonchev–Trinajstić information content (AvgIpc) is 2.39. The van der Waals surface area contributed by atoms with Crippen LogP contribution < -0.4 is 15.0 Å². The third-order valence-electron chi connectivity index (χ3n) is 2.65. The fourth-order valence-electron chi connectivity index (χ4n) is 1.79. The van der Waals surface area contributed by atoms with Crippen LogP contribution in [0.25, 0.3) is 0 Å². The molecule has 0 radical (unpaired) electrons. The molecule has 0 bridgehead atoms. The van der Waals surface area contributed by atoms with Gasteiger partial charge in [0.15, 0.2) is 0 Å². The number of ether oxygens (including phenoxy) is 1. The monoisotopic (exact) mass is 238 g/mol. The molecule has 1 aromatic heterocycles. The van der Waals surface area contributed by atoms with Gasteiger partial charge in [-0.25, -0.2) is 0 Å². The van der Waals surface area contributed by atoms with Crippen molar-refractivity contribution in [2.45, 2.75) is 0 Å². The summed E-state index contributed by atoms with van der Waals surface area (Å²) in [6, 6.07) is 2.94. The van der Waals surface area contributed by atoms with Crippen LogP contribution >= 0.6 is 0 Å². The van der Waals surface area contributed by atoms with E-state index in [1.807, 2.05) is 4.90 Å². The third-order valence-corrected chi connectivity index (χ3v) is 2.65. The maximum absolute atomic E-state index is 10.9. The first-order valence-corrected chi connectivity index (χ1v) is 5.37. The molecule has 0 aliphatic carbocycles. The number of nitrogens with one attached hydrogen (secondary N) is 1. The van der Waals surface area contributed by atoms with Gasteiger partial charge in [-0.2, -0.15) is 4.98 Å². The maximum Gasteiger partial charge on any atom is 0.311 e. The second-order valence-corrected chi connectivity index (χ2v) is 3.69. The van der Waals surface area contributed by atoms with Crippen molar-refractivity contribution >= 4 is 11.5 Å². The van der Waals surface area contributed by atoms with Gasteiger partial charge in [0.1, 0.15) is 0 Å². The van der Waals surface area contributed by atoms with Crippen LogP contribution in [0.1, 0.15) is 0 Å². The Balaban J connectivity index is 2.36. The van der Waals surface area contributed by atoms with Crippen molar-refractivity contribution in [2.75, 3.05) is 38.2 Å². The molecule has 0 saturated carbocycles. The minimum absolute atomic E-state index is 0.0210. The van der Waals surface area contributed by atoms with E-state index in [2.05, 4.69) is 10.3 Å². The second kappa shape index (κ2) is 4.96. The maximum atomic E-state index is 10.9. The van der Waals surface area contributed by atoms with Gasteiger partial charge in [-0.3, -0.25) is 10.1 Å². The predicted molar refractivity (Wildman–Crippen MR) is 62.5 cm³/mol. The minimum Gasteiger partial charge on any atom is -0.481 e. The molecule has 0 aromatic carbocycles. The number of aromatic nitrogens is 1. The van der Waals surface area contributed by atoms with E-state index in [4.69, 9.17) is 4.74 Å². The zero-order valence-corrected chi connectivity index (χ0v) is 9.55. The fourth-order valence-corrected chi connectivity index (χ4v) is 1.79. The number of hydrogen-bond acceptors (Lipinski definition) is 6. The van der Waals surface area contributed by atoms with Crippen molar-refractivity contribution in [3.05, 3.63) is 22.2 Å². The van der Waals surface area contributed by atoms with Crippen LogP contribution in [0.2, 0.25) is 0 Å². The summed E-state index contributed by atoms with van der Waals surface area (Å²) < 4.78 is 5.00. The molecule has 0 atom stereocenters. The summed E-state index contributed by atoms with van der Waals surface area (Å²) in [6.07, 6.45) is 0. The Morgan fingerprint density at radius 1 is 1.47 bits per heavy atom. The summed E-state index contributed by atoms with van der Waals surface area (Å²) in [5, 5.41) is 14.1. The van der Waals surface area contributed by atoms with E-state index >= 15 is 0 Å². The lowest BCUT2D eigenvalue weighted by atomic mass is 10.3. The van der Waals surface area contributed by atoms with Gasteiger partial charge >= 0.3 is 5.69 Å². The molecule has 1 fully saturated rings. The van der Waals surface area contributed by atoms with Crippen molar-refractivity contribution in [1.82, 2.24) is 10.3 Å². The van der Waals surface area contributed by atoms with Crippen LogP contribution in [0.4, 0.5) is 11.5 Å². The van der Waals surface area contributed by atoms with E-state index in [9.17, 15) is 10.1 Å². The van der Waals surface area contributed by atoms with Gasteiger partial charge in [0.2, 0.25) is 11.7 Å². The van der Waals surface area contributed by atoms with Gasteiger partial charge in [0, 0.05) is 38.3 Å². The lowest BCUT2D eigenvalue weighted by Crippen LogP contribution is -2.44. The number of hydrogen-bond donors (Lipinski definition) is 1. The Hall–Kier alpha value is -1.89. The van der Waals surface area contributed by atoms with Crippen LogP contribution in [0.5, 0.6) is 5.88 Å². The number of methoxy groups -OCH3 is 1. The highest BCUT2D eigenvalue weighted by Crippen LogP contribution is 2.28. The van der Waals surface area contributed by atoms with Gasteiger partial charge in [-0.15, -0.1) is 0 Å². The standard InChI is InChI=1S/C10H14N4O3/c1-17-9-3-2-8(14(15)16)10(12-9)13-6-4-11-5-7-13/h2-3,11H,4-7H2,1H3. The average molecular weight is 238 g/mol. The molecule has 2 heterocycles. The van der Waals surface area contributed by atoms with E-state index < -0.39 is 4.92 Å². The van der Waals surface area contributed by atoms with Crippen molar-refractivity contribution in [1.29, 1.82) is 0 Å². The Kier molecular flexibility index (Phi) is 3.38. The Morgan fingerprint density at radius 3 is 2.76 bits per heavy atom. The SMILES string of the molecule is COc1ccc([N+](=O)[O-])c(N2CCNCC2)n1. The summed E-state index contributed by atoms with van der Waals surface area (Å²) in [5.41, 5.74) is 0.0210. The first kappa shape index (κ1) is 11.6. The first-order valence-electron chi connectivity index (χ1n) is 5.37. The Bertz CT molecular complexity index is 418. The second-order valence-electron chi connectivity index (χ2n) is 3.69. The molecule has 7 heteroatoms. The fraction of sp³-hybridized carbons (Fsp3) is 0.500. The molecule has 2 rings (SSSR count). The number of anilines is 1. The normalized spacial score (nSPS) is 15.7. The molecule has 7 nitrogen and oxygen atoms in total. The van der Waals surface area contributed by atoms with Crippen LogP contribution in [0.3, 0.4) is 0 Å². The van der Waals surface area contributed by atoms with Gasteiger partial charge in [0.25, 0.3) is 0 Å². The molecule has 1 aliphatic heterocycles.